The van der Waals surface area contributed by atoms with Gasteiger partial charge in [-0.05, 0) is 50.2 Å². The number of nitrogens with one attached hydrogen (secondary N) is 1. The molecule has 2 nitrogen and oxygen atoms in total. The molecule has 0 radical (unpaired) electrons. The van der Waals surface area contributed by atoms with Crippen LogP contribution >= 0.6 is 11.8 Å². The molecule has 0 aromatic carbocycles. The van der Waals surface area contributed by atoms with Crippen molar-refractivity contribution in [3.8, 4) is 0 Å². The van der Waals surface area contributed by atoms with E-state index in [1.165, 1.54) is 43.6 Å². The lowest BCUT2D eigenvalue weighted by molar-refractivity contribution is -0.0121. The Morgan fingerprint density at radius 1 is 1.35 bits per heavy atom. The zero-order chi connectivity index (χ0) is 12.4. The summed E-state index contributed by atoms with van der Waals surface area (Å²) in [4.78, 5) is 0. The van der Waals surface area contributed by atoms with Crippen LogP contribution in [0.5, 0.6) is 0 Å². The van der Waals surface area contributed by atoms with Gasteiger partial charge >= 0.3 is 0 Å². The van der Waals surface area contributed by atoms with Gasteiger partial charge in [-0.25, -0.2) is 0 Å². The standard InChI is InChI=1S/C14H29NOS/c1-3-9-15-12-14(7-5-10-16-13-14)8-6-11-17-4-2/h15H,3-13H2,1-2H3. The third-order valence-electron chi connectivity index (χ3n) is 3.53. The van der Waals surface area contributed by atoms with Gasteiger partial charge in [-0.3, -0.25) is 0 Å². The second kappa shape index (κ2) is 9.23. The average Bonchev–Trinajstić information content (AvgIpc) is 2.36. The van der Waals surface area contributed by atoms with Crippen LogP contribution in [0.4, 0.5) is 0 Å². The van der Waals surface area contributed by atoms with E-state index in [0.29, 0.717) is 5.41 Å². The first-order valence-corrected chi connectivity index (χ1v) is 8.34. The highest BCUT2D eigenvalue weighted by molar-refractivity contribution is 7.99. The summed E-state index contributed by atoms with van der Waals surface area (Å²) in [5.41, 5.74) is 0.432. The summed E-state index contributed by atoms with van der Waals surface area (Å²) in [7, 11) is 0. The molecule has 0 aromatic heterocycles. The van der Waals surface area contributed by atoms with Crippen LogP contribution < -0.4 is 5.32 Å². The normalized spacial score (nSPS) is 25.1. The minimum Gasteiger partial charge on any atom is -0.381 e. The van der Waals surface area contributed by atoms with E-state index in [0.717, 1.165) is 26.3 Å². The number of thioether (sulfide) groups is 1. The van der Waals surface area contributed by atoms with Gasteiger partial charge in [0.15, 0.2) is 0 Å². The summed E-state index contributed by atoms with van der Waals surface area (Å²) in [6, 6.07) is 0. The van der Waals surface area contributed by atoms with Crippen LogP contribution in [0, 0.1) is 5.41 Å². The van der Waals surface area contributed by atoms with Gasteiger partial charge < -0.3 is 10.1 Å². The molecule has 1 atom stereocenters. The summed E-state index contributed by atoms with van der Waals surface area (Å²) in [6.45, 7) is 8.71. The number of rotatable bonds is 9. The fourth-order valence-corrected chi connectivity index (χ4v) is 3.20. The Balaban J connectivity index is 2.29. The van der Waals surface area contributed by atoms with Crippen LogP contribution in [0.1, 0.15) is 46.0 Å². The molecular formula is C14H29NOS. The summed E-state index contributed by atoms with van der Waals surface area (Å²) >= 11 is 2.06. The predicted molar refractivity (Wildman–Crippen MR) is 77.9 cm³/mol. The summed E-state index contributed by atoms with van der Waals surface area (Å²) in [6.07, 6.45) is 6.49. The molecule has 1 saturated heterocycles. The van der Waals surface area contributed by atoms with Crippen LogP contribution in [0.3, 0.4) is 0 Å². The lowest BCUT2D eigenvalue weighted by atomic mass is 9.78. The molecule has 1 N–H and O–H groups in total. The lowest BCUT2D eigenvalue weighted by Gasteiger charge is -2.37. The maximum Gasteiger partial charge on any atom is 0.0534 e. The largest absolute Gasteiger partial charge is 0.381 e. The highest BCUT2D eigenvalue weighted by atomic mass is 32.2. The molecule has 17 heavy (non-hydrogen) atoms. The van der Waals surface area contributed by atoms with Crippen LogP contribution in [-0.4, -0.2) is 37.8 Å². The molecule has 1 aliphatic heterocycles. The van der Waals surface area contributed by atoms with Gasteiger partial charge in [0.05, 0.1) is 6.61 Å². The Labute approximate surface area is 111 Å². The molecule has 1 fully saturated rings. The fourth-order valence-electron chi connectivity index (χ4n) is 2.56. The van der Waals surface area contributed by atoms with Crippen molar-refractivity contribution in [2.24, 2.45) is 5.41 Å². The van der Waals surface area contributed by atoms with Gasteiger partial charge in [-0.1, -0.05) is 13.8 Å². The van der Waals surface area contributed by atoms with E-state index in [-0.39, 0.29) is 0 Å². The maximum atomic E-state index is 5.73. The maximum absolute atomic E-state index is 5.73. The molecule has 3 heteroatoms. The quantitative estimate of drug-likeness (QED) is 0.642. The summed E-state index contributed by atoms with van der Waals surface area (Å²) in [5, 5.41) is 3.60. The third kappa shape index (κ3) is 6.12. The molecule has 0 saturated carbocycles. The summed E-state index contributed by atoms with van der Waals surface area (Å²) in [5.74, 6) is 2.56. The SMILES string of the molecule is CCCNCC1(CCCSCC)CCCOC1. The molecule has 1 rings (SSSR count). The van der Waals surface area contributed by atoms with Crippen molar-refractivity contribution in [1.82, 2.24) is 5.32 Å². The molecule has 0 amide bonds. The number of hydrogen-bond donors (Lipinski definition) is 1. The molecular weight excluding hydrogens is 230 g/mol. The molecule has 102 valence electrons. The second-order valence-corrected chi connectivity index (χ2v) is 6.53. The molecule has 1 heterocycles. The van der Waals surface area contributed by atoms with E-state index >= 15 is 0 Å². The molecule has 1 aliphatic rings. The molecule has 0 spiro atoms. The smallest absolute Gasteiger partial charge is 0.0534 e. The monoisotopic (exact) mass is 259 g/mol. The van der Waals surface area contributed by atoms with E-state index in [2.05, 4.69) is 30.9 Å². The number of ether oxygens (including phenoxy) is 1. The van der Waals surface area contributed by atoms with E-state index < -0.39 is 0 Å². The van der Waals surface area contributed by atoms with Crippen molar-refractivity contribution in [2.75, 3.05) is 37.8 Å². The van der Waals surface area contributed by atoms with Crippen molar-refractivity contribution < 1.29 is 4.74 Å². The lowest BCUT2D eigenvalue weighted by Crippen LogP contribution is -2.41. The van der Waals surface area contributed by atoms with Gasteiger partial charge in [0.25, 0.3) is 0 Å². The highest BCUT2D eigenvalue weighted by Gasteiger charge is 2.31. The van der Waals surface area contributed by atoms with Crippen molar-refractivity contribution in [2.45, 2.75) is 46.0 Å². The fraction of sp³-hybridized carbons (Fsp3) is 1.00. The Morgan fingerprint density at radius 3 is 2.88 bits per heavy atom. The summed E-state index contributed by atoms with van der Waals surface area (Å²) < 4.78 is 5.73. The van der Waals surface area contributed by atoms with E-state index in [1.54, 1.807) is 0 Å². The molecule has 0 bridgehead atoms. The molecule has 0 aromatic rings. The molecule has 0 aliphatic carbocycles. The average molecular weight is 259 g/mol. The van der Waals surface area contributed by atoms with E-state index in [9.17, 15) is 0 Å². The Hall–Kier alpha value is 0.270. The third-order valence-corrected chi connectivity index (χ3v) is 4.52. The van der Waals surface area contributed by atoms with Gasteiger partial charge in [0.2, 0.25) is 0 Å². The number of hydrogen-bond acceptors (Lipinski definition) is 3. The Morgan fingerprint density at radius 2 is 2.24 bits per heavy atom. The van der Waals surface area contributed by atoms with Crippen molar-refractivity contribution in [3.63, 3.8) is 0 Å². The van der Waals surface area contributed by atoms with Gasteiger partial charge in [0, 0.05) is 18.6 Å². The minimum absolute atomic E-state index is 0.432. The first-order chi connectivity index (χ1) is 8.33. The van der Waals surface area contributed by atoms with Crippen LogP contribution in [0.25, 0.3) is 0 Å². The van der Waals surface area contributed by atoms with Crippen molar-refractivity contribution in [3.05, 3.63) is 0 Å². The van der Waals surface area contributed by atoms with E-state index in [4.69, 9.17) is 4.74 Å². The van der Waals surface area contributed by atoms with Crippen molar-refractivity contribution in [1.29, 1.82) is 0 Å². The van der Waals surface area contributed by atoms with Crippen LogP contribution in [0.2, 0.25) is 0 Å². The highest BCUT2D eigenvalue weighted by Crippen LogP contribution is 2.33. The first-order valence-electron chi connectivity index (χ1n) is 7.19. The van der Waals surface area contributed by atoms with Gasteiger partial charge in [-0.2, -0.15) is 11.8 Å². The first kappa shape index (κ1) is 15.3. The topological polar surface area (TPSA) is 21.3 Å². The van der Waals surface area contributed by atoms with Gasteiger partial charge in [0.1, 0.15) is 0 Å². The predicted octanol–water partition coefficient (Wildman–Crippen LogP) is 3.32. The Bertz CT molecular complexity index is 181. The van der Waals surface area contributed by atoms with Crippen LogP contribution in [-0.2, 0) is 4.74 Å². The molecule has 1 unspecified atom stereocenters. The zero-order valence-electron chi connectivity index (χ0n) is 11.6. The minimum atomic E-state index is 0.432. The Kier molecular flexibility index (Phi) is 8.33. The van der Waals surface area contributed by atoms with Gasteiger partial charge in [-0.15, -0.1) is 0 Å². The van der Waals surface area contributed by atoms with Crippen molar-refractivity contribution >= 4 is 11.8 Å². The zero-order valence-corrected chi connectivity index (χ0v) is 12.4. The van der Waals surface area contributed by atoms with Crippen LogP contribution in [0.15, 0.2) is 0 Å². The second-order valence-electron chi connectivity index (χ2n) is 5.13. The van der Waals surface area contributed by atoms with E-state index in [1.807, 2.05) is 0 Å².